The number of benzene rings is 2. The smallest absolute Gasteiger partial charge is 0.286 e. The molecule has 0 bridgehead atoms. The minimum Gasteiger partial charge on any atom is -0.507 e. The van der Waals surface area contributed by atoms with Gasteiger partial charge in [0.05, 0.1) is 11.1 Å². The molecule has 0 atom stereocenters. The molecule has 8 nitrogen and oxygen atoms in total. The molecule has 0 saturated carbocycles. The van der Waals surface area contributed by atoms with Gasteiger partial charge in [0, 0.05) is 42.2 Å². The Balaban J connectivity index is 1.90. The lowest BCUT2D eigenvalue weighted by Crippen LogP contribution is -2.48. The highest BCUT2D eigenvalue weighted by Gasteiger charge is 2.26. The van der Waals surface area contributed by atoms with E-state index in [1.165, 1.54) is 24.3 Å². The highest BCUT2D eigenvalue weighted by Crippen LogP contribution is 2.42. The van der Waals surface area contributed by atoms with Gasteiger partial charge in [-0.1, -0.05) is 24.2 Å². The van der Waals surface area contributed by atoms with E-state index in [9.17, 15) is 19.1 Å². The van der Waals surface area contributed by atoms with Gasteiger partial charge in [-0.05, 0) is 36.8 Å². The van der Waals surface area contributed by atoms with Crippen LogP contribution in [-0.4, -0.2) is 58.0 Å². The van der Waals surface area contributed by atoms with Gasteiger partial charge >= 0.3 is 0 Å². The summed E-state index contributed by atoms with van der Waals surface area (Å²) in [5.41, 5.74) is 6.52. The van der Waals surface area contributed by atoms with Crippen LogP contribution in [0, 0.1) is 12.7 Å². The second-order valence-corrected chi connectivity index (χ2v) is 8.05. The molecule has 1 aliphatic rings. The van der Waals surface area contributed by atoms with Crippen molar-refractivity contribution in [2.24, 2.45) is 5.73 Å². The summed E-state index contributed by atoms with van der Waals surface area (Å²) in [7, 11) is 0. The van der Waals surface area contributed by atoms with Crippen molar-refractivity contribution in [2.45, 2.75) is 6.92 Å². The van der Waals surface area contributed by atoms with Crippen LogP contribution in [0.5, 0.6) is 5.75 Å². The summed E-state index contributed by atoms with van der Waals surface area (Å²) in [5.74, 6) is -1.65. The maximum Gasteiger partial charge on any atom is 0.286 e. The molecule has 1 saturated heterocycles. The number of aryl methyl sites for hydroxylation is 1. The van der Waals surface area contributed by atoms with Crippen molar-refractivity contribution >= 4 is 40.1 Å². The van der Waals surface area contributed by atoms with Crippen molar-refractivity contribution in [3.05, 3.63) is 59.1 Å². The monoisotopic (exact) mass is 469 g/mol. The van der Waals surface area contributed by atoms with E-state index in [4.69, 9.17) is 17.3 Å². The van der Waals surface area contributed by atoms with Crippen LogP contribution in [0.4, 0.5) is 10.2 Å². The summed E-state index contributed by atoms with van der Waals surface area (Å²) in [4.78, 5) is 36.2. The Labute approximate surface area is 194 Å². The van der Waals surface area contributed by atoms with Gasteiger partial charge in [0.15, 0.2) is 0 Å². The standard InChI is InChI=1S/C23H21ClFN5O3/c1-3-17(32)29-7-9-30(10-8-29)23-13-11-14(24)18(19-15(25)5-4-6-16(19)31)12(2)20(13)27-22(28-23)21(26)33/h3-6,11,31H,1,7-10H2,2H3,(H2,26,33). The summed E-state index contributed by atoms with van der Waals surface area (Å²) in [6.45, 7) is 6.98. The Morgan fingerprint density at radius 3 is 2.52 bits per heavy atom. The second-order valence-electron chi connectivity index (χ2n) is 7.64. The van der Waals surface area contributed by atoms with Crippen LogP contribution in [-0.2, 0) is 4.79 Å². The first kappa shape index (κ1) is 22.5. The van der Waals surface area contributed by atoms with E-state index in [0.717, 1.165) is 0 Å². The Bertz CT molecular complexity index is 1280. The van der Waals surface area contributed by atoms with Gasteiger partial charge in [-0.2, -0.15) is 0 Å². The van der Waals surface area contributed by atoms with Crippen molar-refractivity contribution in [3.8, 4) is 16.9 Å². The fourth-order valence-corrected chi connectivity index (χ4v) is 4.40. The number of amides is 2. The number of carbonyl (C=O) groups excluding carboxylic acids is 2. The van der Waals surface area contributed by atoms with Gasteiger partial charge < -0.3 is 20.6 Å². The summed E-state index contributed by atoms with van der Waals surface area (Å²) < 4.78 is 14.6. The number of anilines is 1. The minimum absolute atomic E-state index is 0.0563. The van der Waals surface area contributed by atoms with Crippen LogP contribution < -0.4 is 10.6 Å². The fourth-order valence-electron chi connectivity index (χ4n) is 4.06. The maximum absolute atomic E-state index is 14.6. The number of hydrogen-bond donors (Lipinski definition) is 2. The molecule has 1 aliphatic heterocycles. The normalized spacial score (nSPS) is 13.9. The number of phenolic OH excluding ortho intramolecular Hbond substituents is 1. The number of nitrogens with two attached hydrogens (primary N) is 1. The number of phenols is 1. The van der Waals surface area contributed by atoms with E-state index in [0.29, 0.717) is 48.5 Å². The molecule has 0 spiro atoms. The number of rotatable bonds is 4. The van der Waals surface area contributed by atoms with Gasteiger partial charge in [0.1, 0.15) is 17.4 Å². The molecule has 3 aromatic rings. The molecule has 2 aromatic carbocycles. The highest BCUT2D eigenvalue weighted by atomic mass is 35.5. The third kappa shape index (κ3) is 3.95. The van der Waals surface area contributed by atoms with E-state index in [2.05, 4.69) is 16.5 Å². The molecular weight excluding hydrogens is 449 g/mol. The first-order chi connectivity index (χ1) is 15.7. The SMILES string of the molecule is C=CC(=O)N1CCN(c2nc(C(N)=O)nc3c(C)c(-c4c(O)cccc4F)c(Cl)cc23)CC1. The quantitative estimate of drug-likeness (QED) is 0.568. The van der Waals surface area contributed by atoms with Crippen LogP contribution in [0.2, 0.25) is 5.02 Å². The minimum atomic E-state index is -0.816. The van der Waals surface area contributed by atoms with E-state index in [1.807, 2.05) is 4.90 Å². The molecule has 33 heavy (non-hydrogen) atoms. The van der Waals surface area contributed by atoms with E-state index >= 15 is 0 Å². The van der Waals surface area contributed by atoms with E-state index in [-0.39, 0.29) is 33.6 Å². The molecule has 2 amide bonds. The van der Waals surface area contributed by atoms with E-state index in [1.54, 1.807) is 17.9 Å². The summed E-state index contributed by atoms with van der Waals surface area (Å²) >= 11 is 6.58. The molecule has 4 rings (SSSR count). The number of halogens is 2. The average Bonchev–Trinajstić information content (AvgIpc) is 2.80. The number of aromatic hydroxyl groups is 1. The molecule has 0 unspecified atom stereocenters. The van der Waals surface area contributed by atoms with Crippen molar-refractivity contribution in [3.63, 3.8) is 0 Å². The average molecular weight is 470 g/mol. The topological polar surface area (TPSA) is 113 Å². The van der Waals surface area contributed by atoms with Crippen molar-refractivity contribution < 1.29 is 19.1 Å². The second kappa shape index (κ2) is 8.67. The zero-order chi connectivity index (χ0) is 23.9. The maximum atomic E-state index is 14.6. The molecule has 0 radical (unpaired) electrons. The zero-order valence-electron chi connectivity index (χ0n) is 17.8. The van der Waals surface area contributed by atoms with Gasteiger partial charge in [-0.3, -0.25) is 9.59 Å². The summed E-state index contributed by atoms with van der Waals surface area (Å²) in [5, 5.41) is 11.0. The van der Waals surface area contributed by atoms with E-state index < -0.39 is 11.7 Å². The van der Waals surface area contributed by atoms with Crippen LogP contribution >= 0.6 is 11.6 Å². The predicted molar refractivity (Wildman–Crippen MR) is 124 cm³/mol. The number of aromatic nitrogens is 2. The van der Waals surface area contributed by atoms with Gasteiger partial charge in [-0.15, -0.1) is 0 Å². The largest absolute Gasteiger partial charge is 0.507 e. The fraction of sp³-hybridized carbons (Fsp3) is 0.217. The highest BCUT2D eigenvalue weighted by molar-refractivity contribution is 6.35. The lowest BCUT2D eigenvalue weighted by Gasteiger charge is -2.35. The summed E-state index contributed by atoms with van der Waals surface area (Å²) in [6.07, 6.45) is 1.27. The molecule has 2 heterocycles. The van der Waals surface area contributed by atoms with Gasteiger partial charge in [-0.25, -0.2) is 14.4 Å². The number of primary amides is 1. The number of carbonyl (C=O) groups is 2. The molecule has 1 aromatic heterocycles. The zero-order valence-corrected chi connectivity index (χ0v) is 18.6. The number of piperazine rings is 1. The Hall–Kier alpha value is -3.72. The molecule has 0 aliphatic carbocycles. The third-order valence-electron chi connectivity index (χ3n) is 5.69. The lowest BCUT2D eigenvalue weighted by molar-refractivity contribution is -0.126. The Kier molecular flexibility index (Phi) is 5.90. The molecule has 3 N–H and O–H groups in total. The predicted octanol–water partition coefficient (Wildman–Crippen LogP) is 3.04. The number of fused-ring (bicyclic) bond motifs is 1. The van der Waals surface area contributed by atoms with Crippen LogP contribution in [0.3, 0.4) is 0 Å². The van der Waals surface area contributed by atoms with Crippen molar-refractivity contribution in [1.82, 2.24) is 14.9 Å². The van der Waals surface area contributed by atoms with Crippen molar-refractivity contribution in [2.75, 3.05) is 31.1 Å². The lowest BCUT2D eigenvalue weighted by atomic mass is 9.96. The van der Waals surface area contributed by atoms with Gasteiger partial charge in [0.25, 0.3) is 5.91 Å². The molecule has 170 valence electrons. The Morgan fingerprint density at radius 2 is 1.91 bits per heavy atom. The molecular formula is C23H21ClFN5O3. The molecule has 1 fully saturated rings. The summed E-state index contributed by atoms with van der Waals surface area (Å²) in [6, 6.07) is 5.56. The number of nitrogens with zero attached hydrogens (tertiary/aromatic N) is 4. The van der Waals surface area contributed by atoms with Crippen LogP contribution in [0.15, 0.2) is 36.9 Å². The van der Waals surface area contributed by atoms with Gasteiger partial charge in [0.2, 0.25) is 11.7 Å². The van der Waals surface area contributed by atoms with Crippen LogP contribution in [0.1, 0.15) is 16.2 Å². The number of hydrogen-bond acceptors (Lipinski definition) is 6. The first-order valence-corrected chi connectivity index (χ1v) is 10.6. The van der Waals surface area contributed by atoms with Crippen molar-refractivity contribution in [1.29, 1.82) is 0 Å². The Morgan fingerprint density at radius 1 is 1.21 bits per heavy atom. The van der Waals surface area contributed by atoms with Crippen LogP contribution in [0.25, 0.3) is 22.0 Å². The third-order valence-corrected chi connectivity index (χ3v) is 5.99. The molecule has 10 heteroatoms. The first-order valence-electron chi connectivity index (χ1n) is 10.2.